The van der Waals surface area contributed by atoms with Crippen molar-refractivity contribution >= 4 is 22.6 Å². The molecule has 3 nitrogen and oxygen atoms in total. The van der Waals surface area contributed by atoms with E-state index in [0.717, 1.165) is 16.0 Å². The number of pyridine rings is 1. The highest BCUT2D eigenvalue weighted by molar-refractivity contribution is 7.13. The van der Waals surface area contributed by atoms with Crippen molar-refractivity contribution in [1.29, 1.82) is 0 Å². The average molecular weight is 216 g/mol. The van der Waals surface area contributed by atoms with Gasteiger partial charge in [0.15, 0.2) is 0 Å². The molecule has 0 amide bonds. The molecular weight excluding hydrogens is 208 g/mol. The standard InChI is InChI=1S/C11H8N2OS/c1-7-4-5-12-11-9(7)13-10(14-11)8-3-2-6-15-8/h2-6H,1H3. The van der Waals surface area contributed by atoms with Crippen LogP contribution >= 0.6 is 11.3 Å². The first-order chi connectivity index (χ1) is 7.34. The summed E-state index contributed by atoms with van der Waals surface area (Å²) < 4.78 is 5.58. The van der Waals surface area contributed by atoms with Crippen LogP contribution in [0.4, 0.5) is 0 Å². The number of thiophene rings is 1. The monoisotopic (exact) mass is 216 g/mol. The summed E-state index contributed by atoms with van der Waals surface area (Å²) in [5.41, 5.74) is 2.55. The molecule has 0 N–H and O–H groups in total. The Morgan fingerprint density at radius 2 is 2.27 bits per heavy atom. The summed E-state index contributed by atoms with van der Waals surface area (Å²) >= 11 is 1.61. The Kier molecular flexibility index (Phi) is 1.82. The fourth-order valence-electron chi connectivity index (χ4n) is 1.46. The second-order valence-corrected chi connectivity index (χ2v) is 4.23. The fourth-order valence-corrected chi connectivity index (χ4v) is 2.11. The van der Waals surface area contributed by atoms with Crippen molar-refractivity contribution in [2.24, 2.45) is 0 Å². The van der Waals surface area contributed by atoms with Crippen LogP contribution in [0, 0.1) is 6.92 Å². The van der Waals surface area contributed by atoms with E-state index in [1.165, 1.54) is 0 Å². The molecule has 0 saturated heterocycles. The number of rotatable bonds is 1. The highest BCUT2D eigenvalue weighted by Gasteiger charge is 2.10. The van der Waals surface area contributed by atoms with Crippen molar-refractivity contribution in [3.8, 4) is 10.8 Å². The summed E-state index contributed by atoms with van der Waals surface area (Å²) in [7, 11) is 0. The Balaban J connectivity index is 2.27. The fraction of sp³-hybridized carbons (Fsp3) is 0.0909. The molecule has 0 aliphatic rings. The Morgan fingerprint density at radius 3 is 3.00 bits per heavy atom. The van der Waals surface area contributed by atoms with E-state index in [-0.39, 0.29) is 0 Å². The van der Waals surface area contributed by atoms with Crippen LogP contribution < -0.4 is 0 Å². The predicted octanol–water partition coefficient (Wildman–Crippen LogP) is 3.26. The lowest BCUT2D eigenvalue weighted by Gasteiger charge is -1.87. The molecule has 0 spiro atoms. The summed E-state index contributed by atoms with van der Waals surface area (Å²) in [4.78, 5) is 9.62. The zero-order chi connectivity index (χ0) is 10.3. The lowest BCUT2D eigenvalue weighted by molar-refractivity contribution is 0.609. The van der Waals surface area contributed by atoms with Gasteiger partial charge in [-0.1, -0.05) is 6.07 Å². The van der Waals surface area contributed by atoms with Crippen molar-refractivity contribution in [2.75, 3.05) is 0 Å². The van der Waals surface area contributed by atoms with Crippen LogP contribution in [0.3, 0.4) is 0 Å². The minimum atomic E-state index is 0.610. The van der Waals surface area contributed by atoms with Gasteiger partial charge in [0.05, 0.1) is 4.88 Å². The number of oxazole rings is 1. The smallest absolute Gasteiger partial charge is 0.247 e. The molecule has 3 aromatic rings. The molecule has 3 aromatic heterocycles. The SMILES string of the molecule is Cc1ccnc2oc(-c3cccs3)nc12. The highest BCUT2D eigenvalue weighted by Crippen LogP contribution is 2.27. The quantitative estimate of drug-likeness (QED) is 0.626. The van der Waals surface area contributed by atoms with Gasteiger partial charge in [-0.25, -0.2) is 9.97 Å². The van der Waals surface area contributed by atoms with E-state index in [9.17, 15) is 0 Å². The van der Waals surface area contributed by atoms with Crippen LogP contribution in [0.25, 0.3) is 22.0 Å². The van der Waals surface area contributed by atoms with Crippen molar-refractivity contribution in [3.63, 3.8) is 0 Å². The van der Waals surface area contributed by atoms with E-state index in [0.29, 0.717) is 11.6 Å². The molecule has 0 radical (unpaired) electrons. The van der Waals surface area contributed by atoms with E-state index in [2.05, 4.69) is 9.97 Å². The van der Waals surface area contributed by atoms with Gasteiger partial charge in [-0.15, -0.1) is 11.3 Å². The Hall–Kier alpha value is -1.68. The van der Waals surface area contributed by atoms with E-state index < -0.39 is 0 Å². The minimum Gasteiger partial charge on any atom is -0.417 e. The van der Waals surface area contributed by atoms with Gasteiger partial charge in [0.2, 0.25) is 11.6 Å². The van der Waals surface area contributed by atoms with Crippen molar-refractivity contribution < 1.29 is 4.42 Å². The van der Waals surface area contributed by atoms with Gasteiger partial charge < -0.3 is 4.42 Å². The molecule has 0 bridgehead atoms. The van der Waals surface area contributed by atoms with Gasteiger partial charge in [-0.2, -0.15) is 0 Å². The largest absolute Gasteiger partial charge is 0.417 e. The summed E-state index contributed by atoms with van der Waals surface area (Å²) in [5, 5.41) is 2.00. The third kappa shape index (κ3) is 1.34. The maximum absolute atomic E-state index is 5.58. The van der Waals surface area contributed by atoms with Gasteiger partial charge in [0.1, 0.15) is 5.52 Å². The van der Waals surface area contributed by atoms with E-state index in [1.807, 2.05) is 30.5 Å². The lowest BCUT2D eigenvalue weighted by Crippen LogP contribution is -1.78. The minimum absolute atomic E-state index is 0.610. The van der Waals surface area contributed by atoms with Crippen LogP contribution in [-0.2, 0) is 0 Å². The second kappa shape index (κ2) is 3.17. The Labute approximate surface area is 90.4 Å². The van der Waals surface area contributed by atoms with Crippen molar-refractivity contribution in [1.82, 2.24) is 9.97 Å². The maximum Gasteiger partial charge on any atom is 0.247 e. The number of nitrogens with zero attached hydrogens (tertiary/aromatic N) is 2. The number of fused-ring (bicyclic) bond motifs is 1. The van der Waals surface area contributed by atoms with E-state index >= 15 is 0 Å². The third-order valence-electron chi connectivity index (χ3n) is 2.23. The molecule has 0 aliphatic carbocycles. The summed E-state index contributed by atoms with van der Waals surface area (Å²) in [6, 6.07) is 5.91. The molecular formula is C11H8N2OS. The third-order valence-corrected chi connectivity index (χ3v) is 3.09. The van der Waals surface area contributed by atoms with Crippen LogP contribution in [0.2, 0.25) is 0 Å². The Morgan fingerprint density at radius 1 is 1.33 bits per heavy atom. The first-order valence-electron chi connectivity index (χ1n) is 4.60. The van der Waals surface area contributed by atoms with Crippen LogP contribution in [0.5, 0.6) is 0 Å². The number of aromatic nitrogens is 2. The molecule has 0 unspecified atom stereocenters. The molecule has 0 fully saturated rings. The summed E-state index contributed by atoms with van der Waals surface area (Å²) in [6.45, 7) is 2.00. The van der Waals surface area contributed by atoms with Crippen molar-refractivity contribution in [2.45, 2.75) is 6.92 Å². The van der Waals surface area contributed by atoms with E-state index in [4.69, 9.17) is 4.42 Å². The molecule has 3 heterocycles. The second-order valence-electron chi connectivity index (χ2n) is 3.28. The topological polar surface area (TPSA) is 38.9 Å². The normalized spacial score (nSPS) is 11.0. The zero-order valence-electron chi connectivity index (χ0n) is 8.10. The molecule has 0 aliphatic heterocycles. The molecule has 0 saturated carbocycles. The number of hydrogen-bond acceptors (Lipinski definition) is 4. The first kappa shape index (κ1) is 8.61. The summed E-state index contributed by atoms with van der Waals surface area (Å²) in [6.07, 6.45) is 1.74. The van der Waals surface area contributed by atoms with E-state index in [1.54, 1.807) is 17.5 Å². The molecule has 4 heteroatoms. The zero-order valence-corrected chi connectivity index (χ0v) is 8.91. The average Bonchev–Trinajstić information content (AvgIpc) is 2.86. The summed E-state index contributed by atoms with van der Waals surface area (Å²) in [5.74, 6) is 0.654. The number of hydrogen-bond donors (Lipinski definition) is 0. The maximum atomic E-state index is 5.58. The predicted molar refractivity (Wildman–Crippen MR) is 59.9 cm³/mol. The first-order valence-corrected chi connectivity index (χ1v) is 5.48. The number of aryl methyl sites for hydroxylation is 1. The molecule has 0 aromatic carbocycles. The van der Waals surface area contributed by atoms with Crippen LogP contribution in [0.1, 0.15) is 5.56 Å². The molecule has 0 atom stereocenters. The molecule has 74 valence electrons. The Bertz CT molecular complexity index is 598. The van der Waals surface area contributed by atoms with Gasteiger partial charge in [-0.05, 0) is 30.0 Å². The van der Waals surface area contributed by atoms with Crippen LogP contribution in [-0.4, -0.2) is 9.97 Å². The molecule has 15 heavy (non-hydrogen) atoms. The highest BCUT2D eigenvalue weighted by atomic mass is 32.1. The van der Waals surface area contributed by atoms with Crippen LogP contribution in [0.15, 0.2) is 34.2 Å². The van der Waals surface area contributed by atoms with Gasteiger partial charge in [0.25, 0.3) is 0 Å². The van der Waals surface area contributed by atoms with Gasteiger partial charge in [0, 0.05) is 6.20 Å². The van der Waals surface area contributed by atoms with Gasteiger partial charge >= 0.3 is 0 Å². The van der Waals surface area contributed by atoms with Gasteiger partial charge in [-0.3, -0.25) is 0 Å². The molecule has 3 rings (SSSR count). The van der Waals surface area contributed by atoms with Crippen molar-refractivity contribution in [3.05, 3.63) is 35.3 Å². The lowest BCUT2D eigenvalue weighted by atomic mass is 10.3.